The number of pyridine rings is 1. The molecule has 1 N–H and O–H groups in total. The lowest BCUT2D eigenvalue weighted by Crippen LogP contribution is -2.43. The SMILES string of the molecule is CC1(C(=O)N2CCC[C@@H](n3cnc4cnc5[nH]ccc5c43)C2)CC1. The minimum atomic E-state index is -0.0866. The van der Waals surface area contributed by atoms with Gasteiger partial charge in [-0.15, -0.1) is 0 Å². The van der Waals surface area contributed by atoms with Crippen molar-refractivity contribution in [2.45, 2.75) is 38.6 Å². The zero-order chi connectivity index (χ0) is 16.3. The first kappa shape index (κ1) is 14.0. The third-order valence-corrected chi connectivity index (χ3v) is 5.71. The van der Waals surface area contributed by atoms with E-state index in [1.54, 1.807) is 0 Å². The second-order valence-electron chi connectivity index (χ2n) is 7.49. The molecule has 1 aliphatic heterocycles. The standard InChI is InChI=1S/C18H21N5O/c1-18(5-6-18)17(24)22-8-2-3-12(10-22)23-11-21-14-9-20-16-13(15(14)23)4-7-19-16/h4,7,9,11-12H,2-3,5-6,8,10H2,1H3,(H,19,20)/t12-/m1/s1. The third-order valence-electron chi connectivity index (χ3n) is 5.71. The Morgan fingerprint density at radius 3 is 3.08 bits per heavy atom. The maximum absolute atomic E-state index is 12.7. The molecule has 124 valence electrons. The highest BCUT2D eigenvalue weighted by Gasteiger charge is 2.47. The Bertz CT molecular complexity index is 935. The highest BCUT2D eigenvalue weighted by Crippen LogP contribution is 2.47. The van der Waals surface area contributed by atoms with Crippen molar-refractivity contribution in [3.05, 3.63) is 24.8 Å². The number of likely N-dealkylation sites (tertiary alicyclic amines) is 1. The molecule has 0 radical (unpaired) electrons. The van der Waals surface area contributed by atoms with E-state index in [1.807, 2.05) is 18.7 Å². The van der Waals surface area contributed by atoms with Crippen LogP contribution in [0.15, 0.2) is 24.8 Å². The van der Waals surface area contributed by atoms with Gasteiger partial charge in [-0.05, 0) is 31.7 Å². The van der Waals surface area contributed by atoms with Crippen LogP contribution >= 0.6 is 0 Å². The zero-order valence-electron chi connectivity index (χ0n) is 13.8. The summed E-state index contributed by atoms with van der Waals surface area (Å²) >= 11 is 0. The van der Waals surface area contributed by atoms with Gasteiger partial charge in [0.25, 0.3) is 0 Å². The smallest absolute Gasteiger partial charge is 0.228 e. The van der Waals surface area contributed by atoms with Crippen LogP contribution in [0.3, 0.4) is 0 Å². The van der Waals surface area contributed by atoms with Crippen LogP contribution in [0.5, 0.6) is 0 Å². The van der Waals surface area contributed by atoms with Crippen LogP contribution in [0.25, 0.3) is 22.1 Å². The van der Waals surface area contributed by atoms with Crippen LogP contribution in [0.2, 0.25) is 0 Å². The predicted molar refractivity (Wildman–Crippen MR) is 91.6 cm³/mol. The van der Waals surface area contributed by atoms with E-state index in [1.165, 1.54) is 0 Å². The van der Waals surface area contributed by atoms with Gasteiger partial charge < -0.3 is 14.5 Å². The molecule has 2 fully saturated rings. The zero-order valence-corrected chi connectivity index (χ0v) is 13.8. The highest BCUT2D eigenvalue weighted by molar-refractivity contribution is 6.01. The largest absolute Gasteiger partial charge is 0.346 e. The summed E-state index contributed by atoms with van der Waals surface area (Å²) in [6, 6.07) is 2.34. The monoisotopic (exact) mass is 323 g/mol. The Balaban J connectivity index is 1.52. The maximum Gasteiger partial charge on any atom is 0.228 e. The van der Waals surface area contributed by atoms with Crippen LogP contribution in [0.1, 0.15) is 38.6 Å². The van der Waals surface area contributed by atoms with Crippen LogP contribution in [0.4, 0.5) is 0 Å². The van der Waals surface area contributed by atoms with Crippen molar-refractivity contribution >= 4 is 28.0 Å². The number of aromatic amines is 1. The predicted octanol–water partition coefficient (Wildman–Crippen LogP) is 2.88. The van der Waals surface area contributed by atoms with Gasteiger partial charge in [-0.2, -0.15) is 0 Å². The van der Waals surface area contributed by atoms with Gasteiger partial charge in [-0.25, -0.2) is 9.97 Å². The number of rotatable bonds is 2. The number of aromatic nitrogens is 4. The summed E-state index contributed by atoms with van der Waals surface area (Å²) in [4.78, 5) is 26.9. The first-order valence-corrected chi connectivity index (χ1v) is 8.74. The fraction of sp³-hybridized carbons (Fsp3) is 0.500. The number of nitrogens with one attached hydrogen (secondary N) is 1. The van der Waals surface area contributed by atoms with E-state index in [2.05, 4.69) is 37.4 Å². The van der Waals surface area contributed by atoms with E-state index in [0.717, 1.165) is 60.8 Å². The van der Waals surface area contributed by atoms with Gasteiger partial charge in [0.15, 0.2) is 0 Å². The lowest BCUT2D eigenvalue weighted by molar-refractivity contribution is -0.138. The van der Waals surface area contributed by atoms with Crippen molar-refractivity contribution in [2.24, 2.45) is 5.41 Å². The summed E-state index contributed by atoms with van der Waals surface area (Å²) in [5.41, 5.74) is 2.84. The molecule has 0 unspecified atom stereocenters. The fourth-order valence-corrected chi connectivity index (χ4v) is 3.96. The summed E-state index contributed by atoms with van der Waals surface area (Å²) in [5.74, 6) is 0.338. The number of hydrogen-bond donors (Lipinski definition) is 1. The molecule has 6 nitrogen and oxygen atoms in total. The first-order chi connectivity index (χ1) is 11.7. The summed E-state index contributed by atoms with van der Waals surface area (Å²) in [7, 11) is 0. The van der Waals surface area contributed by atoms with Gasteiger partial charge in [0.1, 0.15) is 11.2 Å². The van der Waals surface area contributed by atoms with Gasteiger partial charge in [0.05, 0.1) is 24.1 Å². The van der Waals surface area contributed by atoms with Crippen molar-refractivity contribution in [1.82, 2.24) is 24.4 Å². The van der Waals surface area contributed by atoms with E-state index in [-0.39, 0.29) is 11.5 Å². The van der Waals surface area contributed by atoms with Crippen molar-refractivity contribution in [3.8, 4) is 0 Å². The molecule has 1 atom stereocenters. The molecule has 3 aromatic rings. The molecule has 5 rings (SSSR count). The third kappa shape index (κ3) is 1.98. The van der Waals surface area contributed by atoms with Crippen molar-refractivity contribution in [3.63, 3.8) is 0 Å². The number of nitrogens with zero attached hydrogens (tertiary/aromatic N) is 4. The van der Waals surface area contributed by atoms with Crippen LogP contribution in [0, 0.1) is 5.41 Å². The normalized spacial score (nSPS) is 23.0. The van der Waals surface area contributed by atoms with E-state index in [9.17, 15) is 4.79 Å². The second kappa shape index (κ2) is 4.82. The number of H-pyrrole nitrogens is 1. The van der Waals surface area contributed by atoms with Gasteiger partial charge in [0.2, 0.25) is 5.91 Å². The molecule has 3 aromatic heterocycles. The Hall–Kier alpha value is -2.37. The number of imidazole rings is 1. The highest BCUT2D eigenvalue weighted by atomic mass is 16.2. The molecule has 1 saturated carbocycles. The second-order valence-corrected chi connectivity index (χ2v) is 7.49. The quantitative estimate of drug-likeness (QED) is 0.788. The molecular weight excluding hydrogens is 302 g/mol. The molecule has 1 saturated heterocycles. The molecule has 24 heavy (non-hydrogen) atoms. The topological polar surface area (TPSA) is 66.8 Å². The Morgan fingerprint density at radius 2 is 2.25 bits per heavy atom. The van der Waals surface area contributed by atoms with Gasteiger partial charge >= 0.3 is 0 Å². The molecule has 6 heteroatoms. The fourth-order valence-electron chi connectivity index (χ4n) is 3.96. The van der Waals surface area contributed by atoms with Crippen LogP contribution < -0.4 is 0 Å². The summed E-state index contributed by atoms with van der Waals surface area (Å²) in [6.07, 6.45) is 9.86. The first-order valence-electron chi connectivity index (χ1n) is 8.74. The molecule has 1 aliphatic carbocycles. The van der Waals surface area contributed by atoms with Crippen LogP contribution in [-0.4, -0.2) is 43.4 Å². The average Bonchev–Trinajstić information content (AvgIpc) is 3.03. The van der Waals surface area contributed by atoms with Crippen LogP contribution in [-0.2, 0) is 4.79 Å². The Kier molecular flexibility index (Phi) is 2.81. The number of carbonyl (C=O) groups excluding carboxylic acids is 1. The molecule has 4 heterocycles. The molecular formula is C18H21N5O. The summed E-state index contributed by atoms with van der Waals surface area (Å²) < 4.78 is 2.25. The number of amides is 1. The molecule has 0 aromatic carbocycles. The molecule has 0 spiro atoms. The number of fused-ring (bicyclic) bond motifs is 3. The minimum Gasteiger partial charge on any atom is -0.346 e. The lowest BCUT2D eigenvalue weighted by Gasteiger charge is -2.35. The van der Waals surface area contributed by atoms with Crippen molar-refractivity contribution < 1.29 is 4.79 Å². The molecule has 2 aliphatic rings. The average molecular weight is 323 g/mol. The van der Waals surface area contributed by atoms with Gasteiger partial charge in [0, 0.05) is 30.1 Å². The number of piperidine rings is 1. The van der Waals surface area contributed by atoms with Crippen molar-refractivity contribution in [2.75, 3.05) is 13.1 Å². The van der Waals surface area contributed by atoms with E-state index >= 15 is 0 Å². The number of carbonyl (C=O) groups is 1. The number of hydrogen-bond acceptors (Lipinski definition) is 3. The minimum absolute atomic E-state index is 0.0866. The van der Waals surface area contributed by atoms with E-state index < -0.39 is 0 Å². The van der Waals surface area contributed by atoms with Crippen molar-refractivity contribution in [1.29, 1.82) is 0 Å². The maximum atomic E-state index is 12.7. The summed E-state index contributed by atoms with van der Waals surface area (Å²) in [5, 5.41) is 1.10. The Labute approximate surface area is 139 Å². The lowest BCUT2D eigenvalue weighted by atomic mass is 10.0. The van der Waals surface area contributed by atoms with Gasteiger partial charge in [-0.1, -0.05) is 6.92 Å². The molecule has 0 bridgehead atoms. The van der Waals surface area contributed by atoms with Gasteiger partial charge in [-0.3, -0.25) is 4.79 Å². The molecule has 1 amide bonds. The van der Waals surface area contributed by atoms with E-state index in [4.69, 9.17) is 0 Å². The summed E-state index contributed by atoms with van der Waals surface area (Å²) in [6.45, 7) is 3.77. The van der Waals surface area contributed by atoms with E-state index in [0.29, 0.717) is 5.91 Å². The Morgan fingerprint density at radius 1 is 1.38 bits per heavy atom.